The monoisotopic (exact) mass is 318 g/mol. The van der Waals surface area contributed by atoms with Gasteiger partial charge in [0.25, 0.3) is 0 Å². The van der Waals surface area contributed by atoms with Gasteiger partial charge in [0.15, 0.2) is 5.82 Å². The van der Waals surface area contributed by atoms with E-state index in [1.807, 2.05) is 0 Å². The van der Waals surface area contributed by atoms with E-state index in [2.05, 4.69) is 25.7 Å². The van der Waals surface area contributed by atoms with Crippen molar-refractivity contribution in [3.05, 3.63) is 27.8 Å². The van der Waals surface area contributed by atoms with Crippen molar-refractivity contribution in [2.24, 2.45) is 0 Å². The third kappa shape index (κ3) is 3.25. The van der Waals surface area contributed by atoms with E-state index >= 15 is 0 Å². The zero-order chi connectivity index (χ0) is 13.2. The first-order valence-electron chi connectivity index (χ1n) is 3.89. The van der Waals surface area contributed by atoms with Crippen LogP contribution in [0.4, 0.5) is 23.2 Å². The van der Waals surface area contributed by atoms with E-state index in [0.29, 0.717) is 6.20 Å². The van der Waals surface area contributed by atoms with Gasteiger partial charge in [-0.1, -0.05) is 15.9 Å². The molecule has 17 heavy (non-hydrogen) atoms. The maximum Gasteiger partial charge on any atom is 0.573 e. The lowest BCUT2D eigenvalue weighted by Gasteiger charge is -2.10. The first kappa shape index (κ1) is 13.6. The quantitative estimate of drug-likeness (QED) is 0.372. The minimum Gasteiger partial charge on any atom is -0.395 e. The molecule has 10 heteroatoms. The van der Waals surface area contributed by atoms with Crippen LogP contribution in [0, 0.1) is 15.9 Å². The van der Waals surface area contributed by atoms with Crippen LogP contribution in [0.25, 0.3) is 0 Å². The molecule has 0 radical (unpaired) electrons. The highest BCUT2D eigenvalue weighted by Gasteiger charge is 2.37. The van der Waals surface area contributed by atoms with Gasteiger partial charge in [0, 0.05) is 5.33 Å². The predicted octanol–water partition coefficient (Wildman–Crippen LogP) is 2.92. The molecule has 1 rings (SSSR count). The maximum absolute atomic E-state index is 13.4. The summed E-state index contributed by atoms with van der Waals surface area (Å²) in [4.78, 5) is 12.5. The number of aromatic nitrogens is 1. The van der Waals surface area contributed by atoms with Crippen LogP contribution in [0.2, 0.25) is 0 Å². The number of nitro groups is 1. The highest BCUT2D eigenvalue weighted by molar-refractivity contribution is 9.08. The van der Waals surface area contributed by atoms with E-state index in [0.717, 1.165) is 0 Å². The molecule has 1 aromatic heterocycles. The van der Waals surface area contributed by atoms with E-state index in [9.17, 15) is 27.7 Å². The number of halogens is 5. The van der Waals surface area contributed by atoms with Crippen molar-refractivity contribution in [1.82, 2.24) is 4.98 Å². The molecule has 0 bridgehead atoms. The molecule has 0 aliphatic carbocycles. The highest BCUT2D eigenvalue weighted by atomic mass is 79.9. The Hall–Kier alpha value is -1.45. The van der Waals surface area contributed by atoms with Crippen molar-refractivity contribution in [2.75, 3.05) is 0 Å². The summed E-state index contributed by atoms with van der Waals surface area (Å²) in [5.41, 5.74) is -1.61. The van der Waals surface area contributed by atoms with E-state index in [-0.39, 0.29) is 5.33 Å². The van der Waals surface area contributed by atoms with Crippen molar-refractivity contribution in [3.63, 3.8) is 0 Å². The van der Waals surface area contributed by atoms with E-state index in [4.69, 9.17) is 0 Å². The largest absolute Gasteiger partial charge is 0.573 e. The first-order chi connectivity index (χ1) is 7.76. The molecular formula is C7H3BrF4N2O3. The second-order valence-corrected chi connectivity index (χ2v) is 3.23. The van der Waals surface area contributed by atoms with Gasteiger partial charge in [-0.2, -0.15) is 0 Å². The second-order valence-electron chi connectivity index (χ2n) is 2.67. The van der Waals surface area contributed by atoms with Crippen LogP contribution in [0.5, 0.6) is 5.75 Å². The third-order valence-electron chi connectivity index (χ3n) is 1.57. The zero-order valence-electron chi connectivity index (χ0n) is 7.79. The van der Waals surface area contributed by atoms with Gasteiger partial charge in [0.1, 0.15) is 6.20 Å². The fraction of sp³-hybridized carbons (Fsp3) is 0.286. The highest BCUT2D eigenvalue weighted by Crippen LogP contribution is 2.35. The minimum absolute atomic E-state index is 0.203. The lowest BCUT2D eigenvalue weighted by atomic mass is 10.3. The molecule has 0 saturated heterocycles. The fourth-order valence-corrected chi connectivity index (χ4v) is 1.32. The standard InChI is InChI=1S/C7H3BrF4N2O3/c8-1-3-5(9)6(17-7(10,11)12)4(2-13-3)14(15)16/h2H,1H2. The average Bonchev–Trinajstić information content (AvgIpc) is 2.18. The Morgan fingerprint density at radius 2 is 2.12 bits per heavy atom. The van der Waals surface area contributed by atoms with E-state index < -0.39 is 34.2 Å². The summed E-state index contributed by atoms with van der Waals surface area (Å²) in [6.45, 7) is 0. The van der Waals surface area contributed by atoms with Gasteiger partial charge in [0.2, 0.25) is 5.75 Å². The SMILES string of the molecule is O=[N+]([O-])c1cnc(CBr)c(F)c1OC(F)(F)F. The summed E-state index contributed by atoms with van der Waals surface area (Å²) >= 11 is 2.77. The van der Waals surface area contributed by atoms with Crippen molar-refractivity contribution in [1.29, 1.82) is 0 Å². The Morgan fingerprint density at radius 3 is 2.53 bits per heavy atom. The van der Waals surface area contributed by atoms with Crippen LogP contribution >= 0.6 is 15.9 Å². The summed E-state index contributed by atoms with van der Waals surface area (Å²) in [6, 6.07) is 0. The number of hydrogen-bond acceptors (Lipinski definition) is 4. The molecule has 0 fully saturated rings. The summed E-state index contributed by atoms with van der Waals surface area (Å²) < 4.78 is 52.6. The summed E-state index contributed by atoms with van der Waals surface area (Å²) in [6.07, 6.45) is -4.72. The Labute approximate surface area is 99.7 Å². The molecule has 0 N–H and O–H groups in total. The van der Waals surface area contributed by atoms with E-state index in [1.54, 1.807) is 0 Å². The van der Waals surface area contributed by atoms with Crippen LogP contribution in [0.3, 0.4) is 0 Å². The van der Waals surface area contributed by atoms with Crippen LogP contribution in [-0.2, 0) is 5.33 Å². The second kappa shape index (κ2) is 4.82. The molecule has 0 amide bonds. The van der Waals surface area contributed by atoms with Gasteiger partial charge < -0.3 is 4.74 Å². The number of rotatable bonds is 3. The number of pyridine rings is 1. The third-order valence-corrected chi connectivity index (χ3v) is 2.10. The maximum atomic E-state index is 13.4. The molecule has 0 aliphatic rings. The van der Waals surface area contributed by atoms with Gasteiger partial charge in [-0.05, 0) is 0 Å². The molecule has 5 nitrogen and oxygen atoms in total. The first-order valence-corrected chi connectivity index (χ1v) is 5.02. The van der Waals surface area contributed by atoms with Crippen molar-refractivity contribution in [2.45, 2.75) is 11.7 Å². The van der Waals surface area contributed by atoms with Gasteiger partial charge in [0.05, 0.1) is 10.6 Å². The smallest absolute Gasteiger partial charge is 0.395 e. The Bertz CT molecular complexity index is 451. The van der Waals surface area contributed by atoms with Crippen LogP contribution < -0.4 is 4.74 Å². The molecule has 94 valence electrons. The molecule has 1 aromatic rings. The predicted molar refractivity (Wildman–Crippen MR) is 50.2 cm³/mol. The number of nitrogens with zero attached hydrogens (tertiary/aromatic N) is 2. The zero-order valence-corrected chi connectivity index (χ0v) is 9.38. The van der Waals surface area contributed by atoms with Gasteiger partial charge in [-0.3, -0.25) is 10.1 Å². The molecule has 0 unspecified atom stereocenters. The minimum atomic E-state index is -5.23. The van der Waals surface area contributed by atoms with Gasteiger partial charge >= 0.3 is 12.0 Å². The average molecular weight is 319 g/mol. The molecule has 0 spiro atoms. The molecular weight excluding hydrogens is 316 g/mol. The molecule has 0 aliphatic heterocycles. The number of hydrogen-bond donors (Lipinski definition) is 0. The topological polar surface area (TPSA) is 65.3 Å². The Morgan fingerprint density at radius 1 is 1.53 bits per heavy atom. The summed E-state index contributed by atoms with van der Waals surface area (Å²) in [5, 5.41) is 10.2. The lowest BCUT2D eigenvalue weighted by Crippen LogP contribution is -2.19. The van der Waals surface area contributed by atoms with Crippen LogP contribution in [-0.4, -0.2) is 16.3 Å². The summed E-state index contributed by atoms with van der Waals surface area (Å²) in [5.74, 6) is -3.01. The molecule has 0 atom stereocenters. The van der Waals surface area contributed by atoms with E-state index in [1.165, 1.54) is 0 Å². The van der Waals surface area contributed by atoms with Crippen LogP contribution in [0.1, 0.15) is 5.69 Å². The van der Waals surface area contributed by atoms with Gasteiger partial charge in [-0.15, -0.1) is 13.2 Å². The number of alkyl halides is 4. The molecule has 0 aromatic carbocycles. The van der Waals surface area contributed by atoms with Crippen LogP contribution in [0.15, 0.2) is 6.20 Å². The van der Waals surface area contributed by atoms with Crippen molar-refractivity contribution >= 4 is 21.6 Å². The lowest BCUT2D eigenvalue weighted by molar-refractivity contribution is -0.389. The molecule has 1 heterocycles. The van der Waals surface area contributed by atoms with Gasteiger partial charge in [-0.25, -0.2) is 9.37 Å². The Kier molecular flexibility index (Phi) is 3.86. The summed E-state index contributed by atoms with van der Waals surface area (Å²) in [7, 11) is 0. The fourth-order valence-electron chi connectivity index (χ4n) is 0.934. The molecule has 0 saturated carbocycles. The number of ether oxygens (including phenoxy) is 1. The normalized spacial score (nSPS) is 11.4. The Balaban J connectivity index is 3.35. The van der Waals surface area contributed by atoms with Crippen molar-refractivity contribution < 1.29 is 27.2 Å². The van der Waals surface area contributed by atoms with Crippen molar-refractivity contribution in [3.8, 4) is 5.75 Å².